The highest BCUT2D eigenvalue weighted by Gasteiger charge is 2.28. The average Bonchev–Trinajstić information content (AvgIpc) is 3.32. The summed E-state index contributed by atoms with van der Waals surface area (Å²) < 4.78 is 0. The lowest BCUT2D eigenvalue weighted by Gasteiger charge is -2.29. The van der Waals surface area contributed by atoms with Gasteiger partial charge >= 0.3 is 0 Å². The van der Waals surface area contributed by atoms with Crippen LogP contribution >= 0.6 is 0 Å². The minimum absolute atomic E-state index is 0.0386. The first-order valence-electron chi connectivity index (χ1n) is 12.8. The van der Waals surface area contributed by atoms with Crippen molar-refractivity contribution < 1.29 is 9.59 Å². The molecular weight excluding hydrogens is 448 g/mol. The number of nitrogens with zero attached hydrogens (tertiary/aromatic N) is 1. The van der Waals surface area contributed by atoms with Crippen LogP contribution in [0.15, 0.2) is 72.9 Å². The summed E-state index contributed by atoms with van der Waals surface area (Å²) in [6.07, 6.45) is 4.92. The van der Waals surface area contributed by atoms with Gasteiger partial charge in [0.05, 0.1) is 0 Å². The van der Waals surface area contributed by atoms with Gasteiger partial charge in [0, 0.05) is 43.0 Å². The van der Waals surface area contributed by atoms with Gasteiger partial charge in [0.25, 0.3) is 0 Å². The van der Waals surface area contributed by atoms with Gasteiger partial charge in [-0.15, -0.1) is 0 Å². The Morgan fingerprint density at radius 1 is 1.00 bits per heavy atom. The van der Waals surface area contributed by atoms with E-state index in [0.717, 1.165) is 34.7 Å². The molecule has 0 aliphatic heterocycles. The van der Waals surface area contributed by atoms with E-state index in [2.05, 4.69) is 53.6 Å². The molecule has 4 aromatic rings. The van der Waals surface area contributed by atoms with Crippen molar-refractivity contribution in [1.82, 2.24) is 15.2 Å². The van der Waals surface area contributed by atoms with Crippen LogP contribution in [0.25, 0.3) is 21.7 Å². The second kappa shape index (κ2) is 11.9. The van der Waals surface area contributed by atoms with E-state index in [4.69, 9.17) is 5.73 Å². The number of nitrogens with two attached hydrogens (primary N) is 1. The molecule has 2 amide bonds. The van der Waals surface area contributed by atoms with Crippen molar-refractivity contribution in [2.75, 3.05) is 13.6 Å². The third-order valence-corrected chi connectivity index (χ3v) is 6.98. The summed E-state index contributed by atoms with van der Waals surface area (Å²) in [6.45, 7) is 2.53. The predicted octanol–water partition coefficient (Wildman–Crippen LogP) is 4.57. The molecule has 4 N–H and O–H groups in total. The Kier molecular flexibility index (Phi) is 8.39. The fourth-order valence-electron chi connectivity index (χ4n) is 4.76. The number of nitrogens with one attached hydrogen (secondary N) is 2. The van der Waals surface area contributed by atoms with Crippen molar-refractivity contribution in [3.63, 3.8) is 0 Å². The van der Waals surface area contributed by atoms with Crippen molar-refractivity contribution in [2.24, 2.45) is 5.73 Å². The Hall–Kier alpha value is -3.64. The smallest absolute Gasteiger partial charge is 0.243 e. The van der Waals surface area contributed by atoms with Crippen LogP contribution < -0.4 is 11.1 Å². The fraction of sp³-hybridized carbons (Fsp3) is 0.333. The Bertz CT molecular complexity index is 1330. The number of hydrogen-bond donors (Lipinski definition) is 3. The number of hydrogen-bond acceptors (Lipinski definition) is 3. The molecule has 3 aromatic carbocycles. The summed E-state index contributed by atoms with van der Waals surface area (Å²) >= 11 is 0. The summed E-state index contributed by atoms with van der Waals surface area (Å²) in [7, 11) is 1.73. The maximum absolute atomic E-state index is 13.7. The number of para-hydroxylation sites is 1. The molecule has 0 aliphatic carbocycles. The lowest BCUT2D eigenvalue weighted by atomic mass is 9.98. The first-order valence-corrected chi connectivity index (χ1v) is 12.8. The van der Waals surface area contributed by atoms with Crippen molar-refractivity contribution in [3.8, 4) is 0 Å². The second-order valence-corrected chi connectivity index (χ2v) is 9.48. The highest BCUT2D eigenvalue weighted by molar-refractivity contribution is 5.89. The van der Waals surface area contributed by atoms with Crippen LogP contribution in [0.2, 0.25) is 0 Å². The van der Waals surface area contributed by atoms with E-state index < -0.39 is 6.04 Å². The SMILES string of the molecule is CCC(Cc1c[nH]c2ccccc12)NC(=O)C(Cc1ccc2ccccc2c1)N(C)C(=O)CCCN. The minimum Gasteiger partial charge on any atom is -0.361 e. The van der Waals surface area contributed by atoms with Crippen molar-refractivity contribution >= 4 is 33.5 Å². The maximum Gasteiger partial charge on any atom is 0.243 e. The Labute approximate surface area is 212 Å². The molecule has 188 valence electrons. The van der Waals surface area contributed by atoms with Crippen molar-refractivity contribution in [3.05, 3.63) is 84.1 Å². The lowest BCUT2D eigenvalue weighted by Crippen LogP contribution is -2.51. The van der Waals surface area contributed by atoms with E-state index >= 15 is 0 Å². The third-order valence-electron chi connectivity index (χ3n) is 6.98. The monoisotopic (exact) mass is 484 g/mol. The summed E-state index contributed by atoms with van der Waals surface area (Å²) in [5, 5.41) is 6.70. The van der Waals surface area contributed by atoms with Gasteiger partial charge in [-0.05, 0) is 53.8 Å². The number of carbonyl (C=O) groups excluding carboxylic acids is 2. The zero-order valence-corrected chi connectivity index (χ0v) is 21.2. The number of aromatic nitrogens is 1. The van der Waals surface area contributed by atoms with Gasteiger partial charge in [-0.25, -0.2) is 0 Å². The summed E-state index contributed by atoms with van der Waals surface area (Å²) in [6, 6.07) is 21.9. The highest BCUT2D eigenvalue weighted by Crippen LogP contribution is 2.21. The molecule has 2 atom stereocenters. The number of carbonyl (C=O) groups is 2. The van der Waals surface area contributed by atoms with Gasteiger partial charge in [0.1, 0.15) is 6.04 Å². The second-order valence-electron chi connectivity index (χ2n) is 9.48. The van der Waals surface area contributed by atoms with Gasteiger partial charge in [-0.3, -0.25) is 9.59 Å². The van der Waals surface area contributed by atoms with Gasteiger partial charge < -0.3 is 20.9 Å². The van der Waals surface area contributed by atoms with Gasteiger partial charge in [-0.1, -0.05) is 67.6 Å². The van der Waals surface area contributed by atoms with Crippen LogP contribution in [0.5, 0.6) is 0 Å². The van der Waals surface area contributed by atoms with Crippen LogP contribution in [0.1, 0.15) is 37.3 Å². The lowest BCUT2D eigenvalue weighted by molar-refractivity contribution is -0.139. The molecule has 0 saturated carbocycles. The summed E-state index contributed by atoms with van der Waals surface area (Å²) in [5.41, 5.74) is 8.92. The van der Waals surface area contributed by atoms with Gasteiger partial charge in [0.2, 0.25) is 11.8 Å². The van der Waals surface area contributed by atoms with Crippen molar-refractivity contribution in [2.45, 2.75) is 51.1 Å². The molecule has 0 bridgehead atoms. The number of H-pyrrole nitrogens is 1. The topological polar surface area (TPSA) is 91.2 Å². The first-order chi connectivity index (χ1) is 17.5. The number of rotatable bonds is 11. The maximum atomic E-state index is 13.7. The average molecular weight is 485 g/mol. The minimum atomic E-state index is -0.603. The van der Waals surface area contributed by atoms with E-state index in [0.29, 0.717) is 25.8 Å². The number of fused-ring (bicyclic) bond motifs is 2. The number of amides is 2. The molecule has 0 saturated heterocycles. The predicted molar refractivity (Wildman–Crippen MR) is 147 cm³/mol. The number of benzene rings is 3. The molecule has 1 heterocycles. The third kappa shape index (κ3) is 5.94. The number of likely N-dealkylation sites (N-methyl/N-ethyl adjacent to an activating group) is 1. The number of aromatic amines is 1. The molecule has 2 unspecified atom stereocenters. The zero-order valence-electron chi connectivity index (χ0n) is 21.2. The van der Waals surface area contributed by atoms with Crippen LogP contribution in [-0.4, -0.2) is 47.4 Å². The van der Waals surface area contributed by atoms with Gasteiger partial charge in [0.15, 0.2) is 0 Å². The van der Waals surface area contributed by atoms with E-state index in [9.17, 15) is 9.59 Å². The molecule has 36 heavy (non-hydrogen) atoms. The van der Waals surface area contributed by atoms with Crippen LogP contribution in [-0.2, 0) is 22.4 Å². The zero-order chi connectivity index (χ0) is 25.5. The molecule has 1 aromatic heterocycles. The normalized spacial score (nSPS) is 13.0. The molecule has 0 spiro atoms. The van der Waals surface area contributed by atoms with E-state index in [-0.39, 0.29) is 17.9 Å². The molecule has 0 aliphatic rings. The van der Waals surface area contributed by atoms with E-state index in [1.54, 1.807) is 11.9 Å². The molecular formula is C30H36N4O2. The molecule has 6 nitrogen and oxygen atoms in total. The summed E-state index contributed by atoms with van der Waals surface area (Å²) in [4.78, 5) is 31.5. The van der Waals surface area contributed by atoms with Crippen molar-refractivity contribution in [1.29, 1.82) is 0 Å². The van der Waals surface area contributed by atoms with Crippen LogP contribution in [0, 0.1) is 0 Å². The van der Waals surface area contributed by atoms with Gasteiger partial charge in [-0.2, -0.15) is 0 Å². The van der Waals surface area contributed by atoms with Crippen LogP contribution in [0.4, 0.5) is 0 Å². The fourth-order valence-corrected chi connectivity index (χ4v) is 4.76. The Morgan fingerprint density at radius 3 is 2.53 bits per heavy atom. The summed E-state index contributed by atoms with van der Waals surface area (Å²) in [5.74, 6) is -0.190. The van der Waals surface area contributed by atoms with E-state index in [1.807, 2.05) is 36.5 Å². The standard InChI is InChI=1S/C30H36N4O2/c1-3-25(19-24-20-32-27-12-7-6-11-26(24)27)33-30(36)28(34(2)29(35)13-8-16-31)18-21-14-15-22-9-4-5-10-23(22)17-21/h4-7,9-12,14-15,17,20,25,28,32H,3,8,13,16,18-19,31H2,1-2H3,(H,33,36). The Balaban J connectivity index is 1.54. The molecule has 0 fully saturated rings. The van der Waals surface area contributed by atoms with E-state index in [1.165, 1.54) is 10.9 Å². The van der Waals surface area contributed by atoms with Crippen LogP contribution in [0.3, 0.4) is 0 Å². The largest absolute Gasteiger partial charge is 0.361 e. The molecule has 0 radical (unpaired) electrons. The molecule has 4 rings (SSSR count). The highest BCUT2D eigenvalue weighted by atomic mass is 16.2. The Morgan fingerprint density at radius 2 is 1.75 bits per heavy atom. The first kappa shape index (κ1) is 25.5. The quantitative estimate of drug-likeness (QED) is 0.291. The molecule has 6 heteroatoms.